The first-order chi connectivity index (χ1) is 8.61. The second kappa shape index (κ2) is 6.58. The maximum Gasteiger partial charge on any atom is 0.0799 e. The Morgan fingerprint density at radius 3 is 2.94 bits per heavy atom. The molecule has 2 unspecified atom stereocenters. The Bertz CT molecular complexity index is 416. The molecular weight excluding hydrogens is 337 g/mol. The van der Waals surface area contributed by atoms with Crippen LogP contribution in [0.15, 0.2) is 18.2 Å². The summed E-state index contributed by atoms with van der Waals surface area (Å²) in [7, 11) is 0. The van der Waals surface area contributed by atoms with Crippen molar-refractivity contribution in [3.63, 3.8) is 0 Å². The molecule has 1 aromatic rings. The van der Waals surface area contributed by atoms with E-state index >= 15 is 0 Å². The molecule has 1 saturated heterocycles. The number of morpholine rings is 1. The van der Waals surface area contributed by atoms with Crippen molar-refractivity contribution in [3.8, 4) is 0 Å². The highest BCUT2D eigenvalue weighted by Crippen LogP contribution is 2.27. The van der Waals surface area contributed by atoms with Gasteiger partial charge in [-0.15, -0.1) is 0 Å². The van der Waals surface area contributed by atoms with Crippen LogP contribution in [0.25, 0.3) is 0 Å². The summed E-state index contributed by atoms with van der Waals surface area (Å²) in [5.41, 5.74) is 1.08. The molecule has 0 spiro atoms. The molecule has 0 aromatic heterocycles. The Hall–Kier alpha value is 0.200. The standard InChI is InChI=1S/C13H16BrCl2NO/c1-9-8-18-11(5-14)7-17(9)6-10-3-2-4-12(15)13(10)16/h2-4,9,11H,5-8H2,1H3. The minimum Gasteiger partial charge on any atom is -0.374 e. The molecule has 1 fully saturated rings. The van der Waals surface area contributed by atoms with Crippen molar-refractivity contribution in [1.29, 1.82) is 0 Å². The fraction of sp³-hybridized carbons (Fsp3) is 0.538. The summed E-state index contributed by atoms with van der Waals surface area (Å²) in [4.78, 5) is 2.38. The van der Waals surface area contributed by atoms with Gasteiger partial charge in [0.05, 0.1) is 22.8 Å². The van der Waals surface area contributed by atoms with Crippen LogP contribution in [0.4, 0.5) is 0 Å². The van der Waals surface area contributed by atoms with Gasteiger partial charge in [0.2, 0.25) is 0 Å². The van der Waals surface area contributed by atoms with Gasteiger partial charge in [-0.2, -0.15) is 0 Å². The Morgan fingerprint density at radius 1 is 1.44 bits per heavy atom. The van der Waals surface area contributed by atoms with Gasteiger partial charge >= 0.3 is 0 Å². The maximum atomic E-state index is 6.23. The fourth-order valence-corrected chi connectivity index (χ4v) is 2.85. The monoisotopic (exact) mass is 351 g/mol. The van der Waals surface area contributed by atoms with E-state index in [4.69, 9.17) is 27.9 Å². The van der Waals surface area contributed by atoms with E-state index < -0.39 is 0 Å². The first kappa shape index (κ1) is 14.6. The zero-order chi connectivity index (χ0) is 13.1. The Kier molecular flexibility index (Phi) is 5.34. The van der Waals surface area contributed by atoms with Gasteiger partial charge in [-0.25, -0.2) is 0 Å². The molecule has 1 aliphatic rings. The third-order valence-electron chi connectivity index (χ3n) is 3.21. The molecule has 0 radical (unpaired) electrons. The average Bonchev–Trinajstić information content (AvgIpc) is 2.37. The van der Waals surface area contributed by atoms with E-state index in [1.54, 1.807) is 0 Å². The minimum atomic E-state index is 0.249. The van der Waals surface area contributed by atoms with Gasteiger partial charge in [0.15, 0.2) is 0 Å². The average molecular weight is 353 g/mol. The smallest absolute Gasteiger partial charge is 0.0799 e. The van der Waals surface area contributed by atoms with E-state index in [2.05, 4.69) is 27.8 Å². The van der Waals surface area contributed by atoms with E-state index in [0.717, 1.165) is 30.6 Å². The van der Waals surface area contributed by atoms with Crippen molar-refractivity contribution in [3.05, 3.63) is 33.8 Å². The molecule has 0 bridgehead atoms. The highest BCUT2D eigenvalue weighted by Gasteiger charge is 2.25. The summed E-state index contributed by atoms with van der Waals surface area (Å²) in [6.45, 7) is 4.65. The number of ether oxygens (including phenoxy) is 1. The second-order valence-electron chi connectivity index (χ2n) is 4.60. The van der Waals surface area contributed by atoms with Gasteiger partial charge in [-0.3, -0.25) is 4.90 Å². The van der Waals surface area contributed by atoms with Gasteiger partial charge in [0.25, 0.3) is 0 Å². The normalized spacial score (nSPS) is 25.3. The molecule has 5 heteroatoms. The van der Waals surface area contributed by atoms with Gasteiger partial charge in [-0.05, 0) is 18.6 Å². The third-order valence-corrected chi connectivity index (χ3v) is 4.79. The number of benzene rings is 1. The van der Waals surface area contributed by atoms with E-state index in [9.17, 15) is 0 Å². The molecule has 0 N–H and O–H groups in total. The maximum absolute atomic E-state index is 6.23. The summed E-state index contributed by atoms with van der Waals surface area (Å²) in [5, 5.41) is 2.14. The van der Waals surface area contributed by atoms with Crippen LogP contribution in [0.5, 0.6) is 0 Å². The summed E-state index contributed by atoms with van der Waals surface area (Å²) in [6, 6.07) is 6.18. The molecule has 1 aromatic carbocycles. The van der Waals surface area contributed by atoms with Gasteiger partial charge in [-0.1, -0.05) is 51.3 Å². The minimum absolute atomic E-state index is 0.249. The number of hydrogen-bond acceptors (Lipinski definition) is 2. The van der Waals surface area contributed by atoms with Crippen LogP contribution < -0.4 is 0 Å². The molecule has 2 rings (SSSR count). The highest BCUT2D eigenvalue weighted by molar-refractivity contribution is 9.09. The molecule has 100 valence electrons. The summed E-state index contributed by atoms with van der Waals surface area (Å²) in [6.07, 6.45) is 0.249. The topological polar surface area (TPSA) is 12.5 Å². The fourth-order valence-electron chi connectivity index (χ4n) is 2.08. The van der Waals surface area contributed by atoms with Gasteiger partial charge in [0.1, 0.15) is 0 Å². The third kappa shape index (κ3) is 3.40. The van der Waals surface area contributed by atoms with Crippen LogP contribution in [-0.2, 0) is 11.3 Å². The largest absolute Gasteiger partial charge is 0.374 e. The molecule has 2 atom stereocenters. The number of alkyl halides is 1. The Balaban J connectivity index is 2.09. The Morgan fingerprint density at radius 2 is 2.22 bits per heavy atom. The van der Waals surface area contributed by atoms with Gasteiger partial charge in [0, 0.05) is 24.5 Å². The zero-order valence-electron chi connectivity index (χ0n) is 10.2. The van der Waals surface area contributed by atoms with E-state index in [1.165, 1.54) is 0 Å². The van der Waals surface area contributed by atoms with Crippen molar-refractivity contribution < 1.29 is 4.74 Å². The van der Waals surface area contributed by atoms with Crippen LogP contribution >= 0.6 is 39.1 Å². The molecule has 0 saturated carbocycles. The first-order valence-electron chi connectivity index (χ1n) is 5.96. The first-order valence-corrected chi connectivity index (χ1v) is 7.84. The zero-order valence-corrected chi connectivity index (χ0v) is 13.3. The van der Waals surface area contributed by atoms with Crippen LogP contribution in [0, 0.1) is 0 Å². The molecule has 2 nitrogen and oxygen atoms in total. The van der Waals surface area contributed by atoms with E-state index in [-0.39, 0.29) is 6.10 Å². The lowest BCUT2D eigenvalue weighted by Gasteiger charge is -2.37. The number of hydrogen-bond donors (Lipinski definition) is 0. The van der Waals surface area contributed by atoms with Crippen LogP contribution in [0.2, 0.25) is 10.0 Å². The van der Waals surface area contributed by atoms with Crippen LogP contribution in [0.3, 0.4) is 0 Å². The van der Waals surface area contributed by atoms with Crippen molar-refractivity contribution in [2.75, 3.05) is 18.5 Å². The number of rotatable bonds is 3. The van der Waals surface area contributed by atoms with Crippen LogP contribution in [0.1, 0.15) is 12.5 Å². The lowest BCUT2D eigenvalue weighted by atomic mass is 10.1. The summed E-state index contributed by atoms with van der Waals surface area (Å²) in [5.74, 6) is 0. The summed E-state index contributed by atoms with van der Waals surface area (Å²) < 4.78 is 5.71. The van der Waals surface area contributed by atoms with Crippen molar-refractivity contribution in [2.45, 2.75) is 25.6 Å². The predicted octanol–water partition coefficient (Wildman–Crippen LogP) is 3.98. The summed E-state index contributed by atoms with van der Waals surface area (Å²) >= 11 is 15.7. The quantitative estimate of drug-likeness (QED) is 0.763. The van der Waals surface area contributed by atoms with Crippen molar-refractivity contribution in [2.24, 2.45) is 0 Å². The number of nitrogens with zero attached hydrogens (tertiary/aromatic N) is 1. The lowest BCUT2D eigenvalue weighted by Crippen LogP contribution is -2.48. The molecule has 1 aliphatic heterocycles. The lowest BCUT2D eigenvalue weighted by molar-refractivity contribution is -0.0499. The van der Waals surface area contributed by atoms with Gasteiger partial charge < -0.3 is 4.74 Å². The van der Waals surface area contributed by atoms with E-state index in [1.807, 2.05) is 18.2 Å². The molecule has 0 aliphatic carbocycles. The second-order valence-corrected chi connectivity index (χ2v) is 6.03. The highest BCUT2D eigenvalue weighted by atomic mass is 79.9. The van der Waals surface area contributed by atoms with Crippen molar-refractivity contribution in [1.82, 2.24) is 4.90 Å². The molecule has 1 heterocycles. The van der Waals surface area contributed by atoms with Crippen molar-refractivity contribution >= 4 is 39.1 Å². The van der Waals surface area contributed by atoms with Crippen LogP contribution in [-0.4, -0.2) is 35.5 Å². The molecule has 0 amide bonds. The predicted molar refractivity (Wildman–Crippen MR) is 79.9 cm³/mol. The number of halogens is 3. The Labute approximate surface area is 126 Å². The SMILES string of the molecule is CC1COC(CBr)CN1Cc1cccc(Cl)c1Cl. The molecular formula is C13H16BrCl2NO. The van der Waals surface area contributed by atoms with E-state index in [0.29, 0.717) is 16.1 Å². The molecule has 18 heavy (non-hydrogen) atoms.